The minimum atomic E-state index is -0.912. The molecule has 0 spiro atoms. The lowest BCUT2D eigenvalue weighted by atomic mass is 10.1. The summed E-state index contributed by atoms with van der Waals surface area (Å²) in [7, 11) is 0. The zero-order valence-corrected chi connectivity index (χ0v) is 8.31. The van der Waals surface area contributed by atoms with Crippen molar-refractivity contribution in [1.82, 2.24) is 5.32 Å². The molecule has 2 amide bonds. The molecule has 1 heterocycles. The van der Waals surface area contributed by atoms with E-state index in [1.54, 1.807) is 0 Å². The number of carbonyl (C=O) groups is 3. The van der Waals surface area contributed by atoms with Gasteiger partial charge in [0.15, 0.2) is 15.4 Å². The molecule has 1 fully saturated rings. The van der Waals surface area contributed by atoms with Crippen molar-refractivity contribution in [2.24, 2.45) is 0 Å². The molecule has 2 unspecified atom stereocenters. The summed E-state index contributed by atoms with van der Waals surface area (Å²) < 4.78 is 0. The fraction of sp³-hybridized carbons (Fsp3) is 0.400. The van der Waals surface area contributed by atoms with Crippen LogP contribution in [0, 0.1) is 0 Å². The van der Waals surface area contributed by atoms with Gasteiger partial charge in [-0.3, -0.25) is 19.7 Å². The van der Waals surface area contributed by atoms with Crippen LogP contribution in [0.25, 0.3) is 0 Å². The van der Waals surface area contributed by atoms with E-state index in [4.69, 9.17) is 0 Å². The number of imide groups is 1. The Morgan fingerprint density at radius 1 is 1.00 bits per heavy atom. The SMILES string of the molecule is O=C1NC(=O)C(Br)C(=O)C1Br. The molecule has 0 bridgehead atoms. The van der Waals surface area contributed by atoms with Crippen molar-refractivity contribution in [3.8, 4) is 0 Å². The van der Waals surface area contributed by atoms with E-state index in [1.807, 2.05) is 5.32 Å². The first-order valence-electron chi connectivity index (χ1n) is 2.70. The average molecular weight is 285 g/mol. The van der Waals surface area contributed by atoms with Gasteiger partial charge in [-0.05, 0) is 0 Å². The lowest BCUT2D eigenvalue weighted by Gasteiger charge is -2.18. The van der Waals surface area contributed by atoms with Crippen molar-refractivity contribution in [2.75, 3.05) is 0 Å². The highest BCUT2D eigenvalue weighted by atomic mass is 79.9. The number of alkyl halides is 2. The smallest absolute Gasteiger partial charge is 0.248 e. The number of amides is 2. The molecule has 4 nitrogen and oxygen atoms in total. The van der Waals surface area contributed by atoms with Crippen LogP contribution in [-0.2, 0) is 14.4 Å². The van der Waals surface area contributed by atoms with Gasteiger partial charge in [-0.25, -0.2) is 0 Å². The summed E-state index contributed by atoms with van der Waals surface area (Å²) >= 11 is 5.69. The van der Waals surface area contributed by atoms with E-state index in [0.29, 0.717) is 0 Å². The summed E-state index contributed by atoms with van der Waals surface area (Å²) in [6, 6.07) is 0. The molecule has 2 atom stereocenters. The highest BCUT2D eigenvalue weighted by Gasteiger charge is 2.39. The molecule has 11 heavy (non-hydrogen) atoms. The van der Waals surface area contributed by atoms with Gasteiger partial charge >= 0.3 is 0 Å². The van der Waals surface area contributed by atoms with Crippen LogP contribution in [0.4, 0.5) is 0 Å². The van der Waals surface area contributed by atoms with Crippen LogP contribution < -0.4 is 5.32 Å². The van der Waals surface area contributed by atoms with Gasteiger partial charge in [0.25, 0.3) is 0 Å². The van der Waals surface area contributed by atoms with E-state index in [2.05, 4.69) is 31.9 Å². The molecule has 0 aliphatic carbocycles. The zero-order chi connectivity index (χ0) is 8.59. The third-order valence-corrected chi connectivity index (χ3v) is 2.94. The average Bonchev–Trinajstić information content (AvgIpc) is 1.97. The van der Waals surface area contributed by atoms with Crippen LogP contribution in [0.1, 0.15) is 0 Å². The van der Waals surface area contributed by atoms with Crippen LogP contribution in [0.15, 0.2) is 0 Å². The number of hydrogen-bond acceptors (Lipinski definition) is 3. The number of ketones is 1. The van der Waals surface area contributed by atoms with E-state index >= 15 is 0 Å². The fourth-order valence-corrected chi connectivity index (χ4v) is 1.75. The van der Waals surface area contributed by atoms with Gasteiger partial charge in [-0.15, -0.1) is 0 Å². The Morgan fingerprint density at radius 3 is 1.73 bits per heavy atom. The Balaban J connectivity index is 2.87. The molecule has 1 aliphatic rings. The highest BCUT2D eigenvalue weighted by Crippen LogP contribution is 2.15. The van der Waals surface area contributed by atoms with Crippen molar-refractivity contribution in [1.29, 1.82) is 0 Å². The lowest BCUT2D eigenvalue weighted by Crippen LogP contribution is -2.53. The van der Waals surface area contributed by atoms with Crippen LogP contribution in [0.2, 0.25) is 0 Å². The second-order valence-corrected chi connectivity index (χ2v) is 3.81. The van der Waals surface area contributed by atoms with E-state index in [1.165, 1.54) is 0 Å². The summed E-state index contributed by atoms with van der Waals surface area (Å²) in [6.07, 6.45) is 0. The molecule has 1 saturated heterocycles. The largest absolute Gasteiger partial charge is 0.296 e. The number of hydrogen-bond donors (Lipinski definition) is 1. The van der Waals surface area contributed by atoms with Crippen LogP contribution in [0.3, 0.4) is 0 Å². The quantitative estimate of drug-likeness (QED) is 0.379. The first-order valence-corrected chi connectivity index (χ1v) is 4.53. The van der Waals surface area contributed by atoms with Crippen molar-refractivity contribution in [2.45, 2.75) is 9.65 Å². The van der Waals surface area contributed by atoms with Crippen LogP contribution in [0.5, 0.6) is 0 Å². The van der Waals surface area contributed by atoms with Gasteiger partial charge in [-0.1, -0.05) is 31.9 Å². The first kappa shape index (κ1) is 8.86. The zero-order valence-electron chi connectivity index (χ0n) is 5.14. The fourth-order valence-electron chi connectivity index (χ4n) is 0.635. The second-order valence-electron chi connectivity index (χ2n) is 1.98. The number of piperidine rings is 1. The van der Waals surface area contributed by atoms with E-state index < -0.39 is 27.3 Å². The normalized spacial score (nSPS) is 32.0. The summed E-state index contributed by atoms with van der Waals surface area (Å²) in [6.45, 7) is 0. The van der Waals surface area contributed by atoms with Gasteiger partial charge < -0.3 is 0 Å². The maximum Gasteiger partial charge on any atom is 0.248 e. The maximum absolute atomic E-state index is 11.0. The highest BCUT2D eigenvalue weighted by molar-refractivity contribution is 9.11. The van der Waals surface area contributed by atoms with Gasteiger partial charge in [0.1, 0.15) is 0 Å². The van der Waals surface area contributed by atoms with Gasteiger partial charge in [0, 0.05) is 0 Å². The number of Topliss-reactive ketones (excluding diaryl/α,β-unsaturated/α-hetero) is 1. The molecule has 0 aromatic carbocycles. The summed E-state index contributed by atoms with van der Waals surface area (Å²) in [5.74, 6) is -1.66. The van der Waals surface area contributed by atoms with Crippen molar-refractivity contribution in [3.05, 3.63) is 0 Å². The molecule has 1 aliphatic heterocycles. The Bertz CT molecular complexity index is 218. The summed E-state index contributed by atoms with van der Waals surface area (Å²) in [5, 5.41) is 2.02. The first-order chi connectivity index (χ1) is 5.04. The minimum absolute atomic E-state index is 0.459. The Labute approximate surface area is 79.0 Å². The molecule has 6 heteroatoms. The molecule has 1 N–H and O–H groups in total. The minimum Gasteiger partial charge on any atom is -0.296 e. The number of carbonyl (C=O) groups excluding carboxylic acids is 3. The van der Waals surface area contributed by atoms with E-state index in [-0.39, 0.29) is 0 Å². The monoisotopic (exact) mass is 283 g/mol. The van der Waals surface area contributed by atoms with Crippen LogP contribution in [-0.4, -0.2) is 27.3 Å². The predicted molar refractivity (Wildman–Crippen MR) is 43.6 cm³/mol. The number of halogens is 2. The lowest BCUT2D eigenvalue weighted by molar-refractivity contribution is -0.137. The number of rotatable bonds is 0. The Hall–Kier alpha value is -0.230. The molecular weight excluding hydrogens is 282 g/mol. The van der Waals surface area contributed by atoms with Crippen LogP contribution >= 0.6 is 31.9 Å². The topological polar surface area (TPSA) is 63.2 Å². The van der Waals surface area contributed by atoms with Gasteiger partial charge in [0.2, 0.25) is 11.8 Å². The number of nitrogens with one attached hydrogen (secondary N) is 1. The third kappa shape index (κ3) is 1.51. The third-order valence-electron chi connectivity index (χ3n) is 1.21. The molecule has 60 valence electrons. The van der Waals surface area contributed by atoms with E-state index in [0.717, 1.165) is 0 Å². The van der Waals surface area contributed by atoms with Crippen molar-refractivity contribution in [3.63, 3.8) is 0 Å². The molecule has 0 aromatic rings. The Morgan fingerprint density at radius 2 is 1.36 bits per heavy atom. The Kier molecular flexibility index (Phi) is 2.43. The molecule has 1 rings (SSSR count). The molecule has 0 saturated carbocycles. The van der Waals surface area contributed by atoms with E-state index in [9.17, 15) is 14.4 Å². The van der Waals surface area contributed by atoms with Gasteiger partial charge in [-0.2, -0.15) is 0 Å². The van der Waals surface area contributed by atoms with Crippen molar-refractivity contribution >= 4 is 49.5 Å². The van der Waals surface area contributed by atoms with Gasteiger partial charge in [0.05, 0.1) is 0 Å². The molecule has 0 radical (unpaired) electrons. The predicted octanol–water partition coefficient (Wildman–Crippen LogP) is -0.261. The molecular formula is C5H3Br2NO3. The second kappa shape index (κ2) is 3.02. The summed E-state index contributed by atoms with van der Waals surface area (Å²) in [5.41, 5.74) is 0. The summed E-state index contributed by atoms with van der Waals surface area (Å²) in [4.78, 5) is 30.6. The molecule has 0 aromatic heterocycles. The maximum atomic E-state index is 11.0. The van der Waals surface area contributed by atoms with Crippen molar-refractivity contribution < 1.29 is 14.4 Å². The standard InChI is InChI=1S/C5H3Br2NO3/c6-1-3(9)2(7)5(11)8-4(1)10/h1-2H,(H,8,10,11).